The molecule has 80 valence electrons. The zero-order valence-electron chi connectivity index (χ0n) is 8.06. The summed E-state index contributed by atoms with van der Waals surface area (Å²) in [5.41, 5.74) is 7.02. The largest absolute Gasteiger partial charge is 0.489 e. The van der Waals surface area contributed by atoms with Crippen molar-refractivity contribution in [1.29, 1.82) is 0 Å². The van der Waals surface area contributed by atoms with Crippen molar-refractivity contribution in [2.24, 2.45) is 0 Å². The van der Waals surface area contributed by atoms with Gasteiger partial charge in [-0.05, 0) is 12.1 Å². The first-order chi connectivity index (χ1) is 7.15. The molecule has 2 rings (SSSR count). The van der Waals surface area contributed by atoms with Crippen molar-refractivity contribution in [3.63, 3.8) is 0 Å². The molecule has 0 saturated heterocycles. The third-order valence-electron chi connectivity index (χ3n) is 2.23. The number of ether oxygens (including phenoxy) is 1. The summed E-state index contributed by atoms with van der Waals surface area (Å²) in [5.74, 6) is -0.161. The highest BCUT2D eigenvalue weighted by atomic mass is 16.5. The van der Waals surface area contributed by atoms with Gasteiger partial charge in [0.25, 0.3) is 0 Å². The molecule has 1 aliphatic heterocycles. The predicted octanol–water partition coefficient (Wildman–Crippen LogP) is 0.916. The Bertz CT molecular complexity index is 392. The lowest BCUT2D eigenvalue weighted by molar-refractivity contribution is -0.137. The van der Waals surface area contributed by atoms with E-state index in [2.05, 4.69) is 5.32 Å². The number of hydrogen-bond donors (Lipinski definition) is 3. The van der Waals surface area contributed by atoms with E-state index in [4.69, 9.17) is 15.6 Å². The van der Waals surface area contributed by atoms with E-state index in [-0.39, 0.29) is 12.5 Å². The first-order valence-electron chi connectivity index (χ1n) is 4.66. The summed E-state index contributed by atoms with van der Waals surface area (Å²) in [7, 11) is 0. The number of nitrogens with one attached hydrogen (secondary N) is 1. The molecule has 15 heavy (non-hydrogen) atoms. The first-order valence-corrected chi connectivity index (χ1v) is 4.66. The fourth-order valence-electron chi connectivity index (χ4n) is 1.55. The molecule has 0 fully saturated rings. The van der Waals surface area contributed by atoms with Crippen molar-refractivity contribution >= 4 is 17.3 Å². The maximum absolute atomic E-state index is 10.5. The number of fused-ring (bicyclic) bond motifs is 1. The molecule has 0 aliphatic carbocycles. The highest BCUT2D eigenvalue weighted by Crippen LogP contribution is 2.31. The second-order valence-electron chi connectivity index (χ2n) is 3.51. The molecule has 0 radical (unpaired) electrons. The SMILES string of the molecule is Nc1ccc2c(c1)OCC(CC(=O)O)N2. The molecule has 5 nitrogen and oxygen atoms in total. The minimum Gasteiger partial charge on any atom is -0.489 e. The van der Waals surface area contributed by atoms with Crippen LogP contribution in [0.3, 0.4) is 0 Å². The normalized spacial score (nSPS) is 18.5. The molecule has 1 atom stereocenters. The van der Waals surface area contributed by atoms with Gasteiger partial charge in [-0.1, -0.05) is 0 Å². The predicted molar refractivity (Wildman–Crippen MR) is 56.0 cm³/mol. The van der Waals surface area contributed by atoms with Crippen LogP contribution in [-0.4, -0.2) is 23.7 Å². The highest BCUT2D eigenvalue weighted by Gasteiger charge is 2.20. The van der Waals surface area contributed by atoms with Crippen LogP contribution in [-0.2, 0) is 4.79 Å². The van der Waals surface area contributed by atoms with Gasteiger partial charge in [0.15, 0.2) is 0 Å². The van der Waals surface area contributed by atoms with E-state index in [1.165, 1.54) is 0 Å². The number of nitrogens with two attached hydrogens (primary N) is 1. The van der Waals surface area contributed by atoms with E-state index in [0.717, 1.165) is 5.69 Å². The number of carbonyl (C=O) groups is 1. The second kappa shape index (κ2) is 3.68. The van der Waals surface area contributed by atoms with Crippen LogP contribution >= 0.6 is 0 Å². The molecule has 0 bridgehead atoms. The van der Waals surface area contributed by atoms with Gasteiger partial charge in [-0.2, -0.15) is 0 Å². The monoisotopic (exact) mass is 208 g/mol. The van der Waals surface area contributed by atoms with E-state index in [0.29, 0.717) is 18.0 Å². The Morgan fingerprint density at radius 2 is 2.47 bits per heavy atom. The Kier molecular flexibility index (Phi) is 2.37. The third-order valence-corrected chi connectivity index (χ3v) is 2.23. The number of carboxylic acid groups (broad SMARTS) is 1. The van der Waals surface area contributed by atoms with Crippen LogP contribution in [0, 0.1) is 0 Å². The van der Waals surface area contributed by atoms with Gasteiger partial charge in [0.1, 0.15) is 12.4 Å². The molecule has 4 N–H and O–H groups in total. The molecule has 1 unspecified atom stereocenters. The number of benzene rings is 1. The molecule has 1 heterocycles. The van der Waals surface area contributed by atoms with Crippen LogP contribution in [0.4, 0.5) is 11.4 Å². The Morgan fingerprint density at radius 3 is 3.20 bits per heavy atom. The number of aliphatic carboxylic acids is 1. The van der Waals surface area contributed by atoms with Crippen LogP contribution < -0.4 is 15.8 Å². The molecule has 0 saturated carbocycles. The van der Waals surface area contributed by atoms with E-state index in [1.807, 2.05) is 0 Å². The number of nitrogen functional groups attached to an aromatic ring is 1. The van der Waals surface area contributed by atoms with Gasteiger partial charge in [-0.15, -0.1) is 0 Å². The second-order valence-corrected chi connectivity index (χ2v) is 3.51. The average Bonchev–Trinajstić information content (AvgIpc) is 2.17. The van der Waals surface area contributed by atoms with Crippen LogP contribution in [0.25, 0.3) is 0 Å². The van der Waals surface area contributed by atoms with E-state index >= 15 is 0 Å². The zero-order valence-corrected chi connectivity index (χ0v) is 8.06. The van der Waals surface area contributed by atoms with Crippen LogP contribution in [0.15, 0.2) is 18.2 Å². The minimum absolute atomic E-state index is 0.0455. The van der Waals surface area contributed by atoms with Crippen LogP contribution in [0.1, 0.15) is 6.42 Å². The van der Waals surface area contributed by atoms with Crippen LogP contribution in [0.5, 0.6) is 5.75 Å². The fraction of sp³-hybridized carbons (Fsp3) is 0.300. The summed E-state index contributed by atoms with van der Waals surface area (Å²) in [6.45, 7) is 0.350. The lowest BCUT2D eigenvalue weighted by Crippen LogP contribution is -2.33. The lowest BCUT2D eigenvalue weighted by atomic mass is 10.1. The molecule has 1 aromatic carbocycles. The molecule has 0 spiro atoms. The zero-order chi connectivity index (χ0) is 10.8. The fourth-order valence-corrected chi connectivity index (χ4v) is 1.55. The third kappa shape index (κ3) is 2.12. The Labute approximate surface area is 86.8 Å². The lowest BCUT2D eigenvalue weighted by Gasteiger charge is -2.26. The molecule has 1 aliphatic rings. The van der Waals surface area contributed by atoms with Crippen molar-refractivity contribution in [1.82, 2.24) is 0 Å². The van der Waals surface area contributed by atoms with Gasteiger partial charge in [-0.25, -0.2) is 0 Å². The standard InChI is InChI=1S/C10H12N2O3/c11-6-1-2-8-9(3-6)15-5-7(12-8)4-10(13)14/h1-3,7,12H,4-5,11H2,(H,13,14). The Hall–Kier alpha value is -1.91. The summed E-state index contributed by atoms with van der Waals surface area (Å²) in [4.78, 5) is 10.5. The van der Waals surface area contributed by atoms with Crippen molar-refractivity contribution in [3.05, 3.63) is 18.2 Å². The quantitative estimate of drug-likeness (QED) is 0.629. The molecule has 0 amide bonds. The van der Waals surface area contributed by atoms with Crippen molar-refractivity contribution < 1.29 is 14.6 Å². The van der Waals surface area contributed by atoms with Crippen molar-refractivity contribution in [3.8, 4) is 5.75 Å². The van der Waals surface area contributed by atoms with Gasteiger partial charge in [0.05, 0.1) is 18.2 Å². The maximum atomic E-state index is 10.5. The highest BCUT2D eigenvalue weighted by molar-refractivity contribution is 5.70. The van der Waals surface area contributed by atoms with Crippen molar-refractivity contribution in [2.45, 2.75) is 12.5 Å². The summed E-state index contributed by atoms with van der Waals surface area (Å²) in [6, 6.07) is 5.08. The van der Waals surface area contributed by atoms with Gasteiger partial charge in [0.2, 0.25) is 0 Å². The summed E-state index contributed by atoms with van der Waals surface area (Å²) < 4.78 is 5.41. The summed E-state index contributed by atoms with van der Waals surface area (Å²) in [5, 5.41) is 11.7. The van der Waals surface area contributed by atoms with E-state index in [1.54, 1.807) is 18.2 Å². The number of carboxylic acids is 1. The average molecular weight is 208 g/mol. The molecule has 1 aromatic rings. The van der Waals surface area contributed by atoms with Gasteiger partial charge < -0.3 is 20.9 Å². The first kappa shape index (κ1) is 9.64. The van der Waals surface area contributed by atoms with Crippen molar-refractivity contribution in [2.75, 3.05) is 17.7 Å². The minimum atomic E-state index is -0.838. The number of rotatable bonds is 2. The topological polar surface area (TPSA) is 84.6 Å². The van der Waals surface area contributed by atoms with E-state index in [9.17, 15) is 4.79 Å². The summed E-state index contributed by atoms with van der Waals surface area (Å²) >= 11 is 0. The maximum Gasteiger partial charge on any atom is 0.305 e. The molecular weight excluding hydrogens is 196 g/mol. The van der Waals surface area contributed by atoms with Gasteiger partial charge >= 0.3 is 5.97 Å². The Morgan fingerprint density at radius 1 is 1.67 bits per heavy atom. The Balaban J connectivity index is 2.13. The summed E-state index contributed by atoms with van der Waals surface area (Å²) in [6.07, 6.45) is 0.0455. The smallest absolute Gasteiger partial charge is 0.305 e. The molecular formula is C10H12N2O3. The number of hydrogen-bond acceptors (Lipinski definition) is 4. The van der Waals surface area contributed by atoms with Gasteiger partial charge in [-0.3, -0.25) is 4.79 Å². The molecule has 5 heteroatoms. The molecule has 0 aromatic heterocycles. The van der Waals surface area contributed by atoms with E-state index < -0.39 is 5.97 Å². The number of anilines is 2. The van der Waals surface area contributed by atoms with Gasteiger partial charge in [0, 0.05) is 11.8 Å². The van der Waals surface area contributed by atoms with Crippen LogP contribution in [0.2, 0.25) is 0 Å².